The SMILES string of the molecule is CCCNC(C)CC(C)S(=O)c1ccccc1. The van der Waals surface area contributed by atoms with E-state index in [9.17, 15) is 4.21 Å². The van der Waals surface area contributed by atoms with Gasteiger partial charge in [-0.05, 0) is 38.4 Å². The zero-order valence-electron chi connectivity index (χ0n) is 11.0. The average Bonchev–Trinajstić information content (AvgIpc) is 2.36. The molecule has 1 aromatic rings. The third-order valence-electron chi connectivity index (χ3n) is 2.77. The summed E-state index contributed by atoms with van der Waals surface area (Å²) in [6, 6.07) is 10.2. The Morgan fingerprint density at radius 1 is 1.24 bits per heavy atom. The maximum atomic E-state index is 12.2. The summed E-state index contributed by atoms with van der Waals surface area (Å²) in [7, 11) is -0.894. The minimum atomic E-state index is -0.894. The van der Waals surface area contributed by atoms with E-state index in [4.69, 9.17) is 0 Å². The van der Waals surface area contributed by atoms with Crippen LogP contribution in [0.2, 0.25) is 0 Å². The molecule has 2 nitrogen and oxygen atoms in total. The first-order chi connectivity index (χ1) is 8.15. The van der Waals surface area contributed by atoms with E-state index >= 15 is 0 Å². The molecule has 0 heterocycles. The second-order valence-corrected chi connectivity index (χ2v) is 6.38. The number of nitrogens with one attached hydrogen (secondary N) is 1. The highest BCUT2D eigenvalue weighted by Gasteiger charge is 2.15. The van der Waals surface area contributed by atoms with Crippen molar-refractivity contribution >= 4 is 10.8 Å². The number of benzene rings is 1. The van der Waals surface area contributed by atoms with Crippen LogP contribution in [0.1, 0.15) is 33.6 Å². The van der Waals surface area contributed by atoms with Crippen LogP contribution in [0.25, 0.3) is 0 Å². The number of hydrogen-bond donors (Lipinski definition) is 1. The predicted molar refractivity (Wildman–Crippen MR) is 74.7 cm³/mol. The summed E-state index contributed by atoms with van der Waals surface area (Å²) < 4.78 is 12.2. The molecule has 3 heteroatoms. The number of rotatable bonds is 7. The topological polar surface area (TPSA) is 29.1 Å². The van der Waals surface area contributed by atoms with E-state index in [1.165, 1.54) is 0 Å². The van der Waals surface area contributed by atoms with Crippen LogP contribution in [-0.4, -0.2) is 22.0 Å². The highest BCUT2D eigenvalue weighted by Crippen LogP contribution is 2.14. The molecular weight excluding hydrogens is 230 g/mol. The minimum absolute atomic E-state index is 0.191. The summed E-state index contributed by atoms with van der Waals surface area (Å²) in [5.41, 5.74) is 0. The first-order valence-electron chi connectivity index (χ1n) is 6.34. The van der Waals surface area contributed by atoms with Gasteiger partial charge in [-0.3, -0.25) is 4.21 Å². The van der Waals surface area contributed by atoms with Gasteiger partial charge in [-0.1, -0.05) is 32.0 Å². The molecule has 96 valence electrons. The lowest BCUT2D eigenvalue weighted by Crippen LogP contribution is -2.31. The predicted octanol–water partition coefficient (Wildman–Crippen LogP) is 2.96. The monoisotopic (exact) mass is 253 g/mol. The number of hydrogen-bond acceptors (Lipinski definition) is 2. The fraction of sp³-hybridized carbons (Fsp3) is 0.571. The van der Waals surface area contributed by atoms with Crippen molar-refractivity contribution < 1.29 is 4.21 Å². The zero-order chi connectivity index (χ0) is 12.7. The van der Waals surface area contributed by atoms with Gasteiger partial charge in [0.2, 0.25) is 0 Å². The fourth-order valence-electron chi connectivity index (χ4n) is 1.85. The van der Waals surface area contributed by atoms with E-state index in [0.29, 0.717) is 6.04 Å². The van der Waals surface area contributed by atoms with Crippen molar-refractivity contribution in [1.29, 1.82) is 0 Å². The highest BCUT2D eigenvalue weighted by molar-refractivity contribution is 7.85. The van der Waals surface area contributed by atoms with E-state index in [-0.39, 0.29) is 5.25 Å². The van der Waals surface area contributed by atoms with E-state index in [1.807, 2.05) is 30.3 Å². The molecule has 17 heavy (non-hydrogen) atoms. The maximum absolute atomic E-state index is 12.2. The van der Waals surface area contributed by atoms with Crippen LogP contribution in [-0.2, 0) is 10.8 Å². The van der Waals surface area contributed by atoms with Crippen LogP contribution in [0.4, 0.5) is 0 Å². The van der Waals surface area contributed by atoms with Crippen molar-refractivity contribution in [2.75, 3.05) is 6.54 Å². The Morgan fingerprint density at radius 3 is 2.47 bits per heavy atom. The molecule has 0 radical (unpaired) electrons. The van der Waals surface area contributed by atoms with Gasteiger partial charge in [0.15, 0.2) is 0 Å². The lowest BCUT2D eigenvalue weighted by molar-refractivity contribution is 0.508. The van der Waals surface area contributed by atoms with Gasteiger partial charge in [-0.15, -0.1) is 0 Å². The molecule has 3 unspecified atom stereocenters. The van der Waals surface area contributed by atoms with Crippen LogP contribution < -0.4 is 5.32 Å². The second kappa shape index (κ2) is 7.62. The maximum Gasteiger partial charge on any atom is 0.0558 e. The molecule has 0 aliphatic heterocycles. The van der Waals surface area contributed by atoms with Gasteiger partial charge in [0.25, 0.3) is 0 Å². The molecule has 1 N–H and O–H groups in total. The van der Waals surface area contributed by atoms with Gasteiger partial charge in [0, 0.05) is 16.2 Å². The molecule has 0 saturated carbocycles. The van der Waals surface area contributed by atoms with Gasteiger partial charge >= 0.3 is 0 Å². The Hall–Kier alpha value is -0.670. The van der Waals surface area contributed by atoms with E-state index in [0.717, 1.165) is 24.3 Å². The van der Waals surface area contributed by atoms with Crippen LogP contribution in [0, 0.1) is 0 Å². The smallest absolute Gasteiger partial charge is 0.0558 e. The average molecular weight is 253 g/mol. The van der Waals surface area contributed by atoms with E-state index in [2.05, 4.69) is 26.1 Å². The first-order valence-corrected chi connectivity index (χ1v) is 7.55. The molecule has 0 saturated heterocycles. The van der Waals surface area contributed by atoms with Crippen LogP contribution in [0.3, 0.4) is 0 Å². The molecule has 1 rings (SSSR count). The highest BCUT2D eigenvalue weighted by atomic mass is 32.2. The molecular formula is C14H23NOS. The Kier molecular flexibility index (Phi) is 6.45. The fourth-order valence-corrected chi connectivity index (χ4v) is 3.20. The van der Waals surface area contributed by atoms with Crippen molar-refractivity contribution in [2.45, 2.75) is 49.8 Å². The van der Waals surface area contributed by atoms with Crippen molar-refractivity contribution in [3.05, 3.63) is 30.3 Å². The second-order valence-electron chi connectivity index (χ2n) is 4.51. The third kappa shape index (κ3) is 5.00. The summed E-state index contributed by atoms with van der Waals surface area (Å²) in [4.78, 5) is 0.933. The molecule has 0 fully saturated rings. The molecule has 0 aromatic heterocycles. The molecule has 0 aliphatic rings. The van der Waals surface area contributed by atoms with Crippen LogP contribution in [0.15, 0.2) is 35.2 Å². The summed E-state index contributed by atoms with van der Waals surface area (Å²) in [6.45, 7) is 7.42. The normalized spacial score (nSPS) is 16.4. The van der Waals surface area contributed by atoms with Crippen molar-refractivity contribution in [2.24, 2.45) is 0 Å². The van der Waals surface area contributed by atoms with Crippen LogP contribution >= 0.6 is 0 Å². The largest absolute Gasteiger partial charge is 0.314 e. The zero-order valence-corrected chi connectivity index (χ0v) is 11.8. The molecule has 3 atom stereocenters. The Labute approximate surface area is 107 Å². The Morgan fingerprint density at radius 2 is 1.88 bits per heavy atom. The summed E-state index contributed by atoms with van der Waals surface area (Å²) in [5, 5.41) is 3.63. The Balaban J connectivity index is 2.47. The standard InChI is InChI=1S/C14H23NOS/c1-4-10-15-12(2)11-13(3)17(16)14-8-6-5-7-9-14/h5-9,12-13,15H,4,10-11H2,1-3H3. The molecule has 1 aromatic carbocycles. The lowest BCUT2D eigenvalue weighted by atomic mass is 10.2. The summed E-state index contributed by atoms with van der Waals surface area (Å²) in [6.07, 6.45) is 2.09. The lowest BCUT2D eigenvalue weighted by Gasteiger charge is -2.18. The molecule has 0 bridgehead atoms. The Bertz CT molecular complexity index is 339. The van der Waals surface area contributed by atoms with Crippen LogP contribution in [0.5, 0.6) is 0 Å². The first kappa shape index (κ1) is 14.4. The van der Waals surface area contributed by atoms with Crippen molar-refractivity contribution in [1.82, 2.24) is 5.32 Å². The van der Waals surface area contributed by atoms with Gasteiger partial charge in [-0.2, -0.15) is 0 Å². The molecule has 0 spiro atoms. The van der Waals surface area contributed by atoms with Gasteiger partial charge in [-0.25, -0.2) is 0 Å². The molecule has 0 aliphatic carbocycles. The van der Waals surface area contributed by atoms with Crippen molar-refractivity contribution in [3.63, 3.8) is 0 Å². The molecule has 0 amide bonds. The summed E-state index contributed by atoms with van der Waals surface area (Å²) >= 11 is 0. The van der Waals surface area contributed by atoms with Gasteiger partial charge in [0.05, 0.1) is 10.8 Å². The minimum Gasteiger partial charge on any atom is -0.314 e. The summed E-state index contributed by atoms with van der Waals surface area (Å²) in [5.74, 6) is 0. The van der Waals surface area contributed by atoms with Crippen molar-refractivity contribution in [3.8, 4) is 0 Å². The van der Waals surface area contributed by atoms with Gasteiger partial charge in [0.1, 0.15) is 0 Å². The van der Waals surface area contributed by atoms with E-state index < -0.39 is 10.8 Å². The third-order valence-corrected chi connectivity index (χ3v) is 4.43. The quantitative estimate of drug-likeness (QED) is 0.809. The van der Waals surface area contributed by atoms with Gasteiger partial charge < -0.3 is 5.32 Å². The van der Waals surface area contributed by atoms with E-state index in [1.54, 1.807) is 0 Å².